The highest BCUT2D eigenvalue weighted by atomic mass is 19.1. The van der Waals surface area contributed by atoms with Crippen LogP contribution in [0.2, 0.25) is 0 Å². The van der Waals surface area contributed by atoms with E-state index in [2.05, 4.69) is 4.90 Å². The quantitative estimate of drug-likeness (QED) is 0.754. The number of likely N-dealkylation sites (N-methyl/N-ethyl adjacent to an activating group) is 1. The molecule has 5 heteroatoms. The number of carbonyl (C=O) groups excluding carboxylic acids is 1. The Morgan fingerprint density at radius 1 is 1.38 bits per heavy atom. The maximum absolute atomic E-state index is 12.8. The van der Waals surface area contributed by atoms with Gasteiger partial charge >= 0.3 is 0 Å². The van der Waals surface area contributed by atoms with Crippen LogP contribution in [0, 0.1) is 5.82 Å². The van der Waals surface area contributed by atoms with Crippen molar-refractivity contribution >= 4 is 5.91 Å². The molecule has 1 aliphatic heterocycles. The molecule has 0 bridgehead atoms. The maximum Gasteiger partial charge on any atom is 0.239 e. The summed E-state index contributed by atoms with van der Waals surface area (Å²) < 4.78 is 18.3. The number of likely N-dealkylation sites (tertiary alicyclic amines) is 1. The zero-order chi connectivity index (χ0) is 15.2. The molecule has 2 rings (SSSR count). The minimum atomic E-state index is -0.260. The predicted octanol–water partition coefficient (Wildman–Crippen LogP) is 2.15. The summed E-state index contributed by atoms with van der Waals surface area (Å²) >= 11 is 0. The van der Waals surface area contributed by atoms with E-state index in [1.807, 2.05) is 0 Å². The molecule has 0 N–H and O–H groups in total. The molecule has 1 aliphatic rings. The Bertz CT molecular complexity index is 462. The molecule has 0 aromatic heterocycles. The van der Waals surface area contributed by atoms with Crippen LogP contribution in [0.3, 0.4) is 0 Å². The normalized spacial score (nSPS) is 18.7. The Hall–Kier alpha value is -1.62. The van der Waals surface area contributed by atoms with Gasteiger partial charge in [0, 0.05) is 20.6 Å². The van der Waals surface area contributed by atoms with Crippen LogP contribution in [0.25, 0.3) is 0 Å². The molecule has 1 fully saturated rings. The topological polar surface area (TPSA) is 32.8 Å². The lowest BCUT2D eigenvalue weighted by molar-refractivity contribution is -0.133. The first-order valence-corrected chi connectivity index (χ1v) is 7.41. The van der Waals surface area contributed by atoms with Crippen LogP contribution in [0.1, 0.15) is 19.3 Å². The van der Waals surface area contributed by atoms with Gasteiger partial charge in [-0.05, 0) is 50.1 Å². The van der Waals surface area contributed by atoms with Crippen LogP contribution in [0.4, 0.5) is 4.39 Å². The first kappa shape index (κ1) is 15.8. The summed E-state index contributed by atoms with van der Waals surface area (Å²) in [5.41, 5.74) is 0. The monoisotopic (exact) mass is 294 g/mol. The second-order valence-electron chi connectivity index (χ2n) is 5.58. The Kier molecular flexibility index (Phi) is 5.56. The average Bonchev–Trinajstić information content (AvgIpc) is 2.93. The van der Waals surface area contributed by atoms with E-state index >= 15 is 0 Å². The van der Waals surface area contributed by atoms with E-state index in [1.54, 1.807) is 31.1 Å². The van der Waals surface area contributed by atoms with E-state index in [0.29, 0.717) is 12.4 Å². The summed E-state index contributed by atoms with van der Waals surface area (Å²) in [6, 6.07) is 6.06. The molecular formula is C16H23FN2O2. The third-order valence-corrected chi connectivity index (χ3v) is 3.76. The van der Waals surface area contributed by atoms with E-state index in [-0.39, 0.29) is 17.8 Å². The molecule has 0 unspecified atom stereocenters. The fraction of sp³-hybridized carbons (Fsp3) is 0.562. The van der Waals surface area contributed by atoms with Gasteiger partial charge in [-0.1, -0.05) is 0 Å². The fourth-order valence-corrected chi connectivity index (χ4v) is 2.66. The van der Waals surface area contributed by atoms with Gasteiger partial charge in [0.2, 0.25) is 5.91 Å². The number of halogens is 1. The zero-order valence-electron chi connectivity index (χ0n) is 12.7. The lowest BCUT2D eigenvalue weighted by atomic mass is 10.2. The van der Waals surface area contributed by atoms with Crippen molar-refractivity contribution in [2.75, 3.05) is 33.8 Å². The van der Waals surface area contributed by atoms with E-state index < -0.39 is 0 Å². The minimum Gasteiger partial charge on any atom is -0.494 e. The Morgan fingerprint density at radius 3 is 2.76 bits per heavy atom. The predicted molar refractivity (Wildman–Crippen MR) is 79.8 cm³/mol. The molecule has 0 aliphatic carbocycles. The second-order valence-corrected chi connectivity index (χ2v) is 5.58. The number of amides is 1. The van der Waals surface area contributed by atoms with Gasteiger partial charge in [0.1, 0.15) is 11.6 Å². The molecular weight excluding hydrogens is 271 g/mol. The lowest BCUT2D eigenvalue weighted by Crippen LogP contribution is -2.43. The summed E-state index contributed by atoms with van der Waals surface area (Å²) in [5.74, 6) is 0.607. The number of rotatable bonds is 6. The molecule has 116 valence electrons. The van der Waals surface area contributed by atoms with Gasteiger partial charge in [0.05, 0.1) is 12.6 Å². The van der Waals surface area contributed by atoms with Gasteiger partial charge in [-0.25, -0.2) is 4.39 Å². The summed E-state index contributed by atoms with van der Waals surface area (Å²) in [6.45, 7) is 2.40. The van der Waals surface area contributed by atoms with E-state index in [1.165, 1.54) is 12.1 Å². The number of nitrogens with zero attached hydrogens (tertiary/aromatic N) is 2. The lowest BCUT2D eigenvalue weighted by Gasteiger charge is -2.25. The zero-order valence-corrected chi connectivity index (χ0v) is 12.7. The summed E-state index contributed by atoms with van der Waals surface area (Å²) in [6.07, 6.45) is 2.87. The number of carbonyl (C=O) groups is 1. The molecule has 0 saturated carbocycles. The molecule has 4 nitrogen and oxygen atoms in total. The average molecular weight is 294 g/mol. The van der Waals surface area contributed by atoms with E-state index in [0.717, 1.165) is 32.4 Å². The highest BCUT2D eigenvalue weighted by Gasteiger charge is 2.30. The second kappa shape index (κ2) is 7.41. The van der Waals surface area contributed by atoms with E-state index in [4.69, 9.17) is 4.74 Å². The highest BCUT2D eigenvalue weighted by molar-refractivity contribution is 5.81. The maximum atomic E-state index is 12.8. The van der Waals surface area contributed by atoms with Crippen molar-refractivity contribution in [3.8, 4) is 5.75 Å². The van der Waals surface area contributed by atoms with Gasteiger partial charge in [-0.2, -0.15) is 0 Å². The first-order chi connectivity index (χ1) is 10.1. The Balaban J connectivity index is 1.72. The third kappa shape index (κ3) is 4.43. The van der Waals surface area contributed by atoms with Gasteiger partial charge < -0.3 is 9.64 Å². The number of ether oxygens (including phenoxy) is 1. The molecule has 21 heavy (non-hydrogen) atoms. The SMILES string of the molecule is CN(C)C(=O)[C@@H]1CCCN1CCCOc1ccc(F)cc1. The van der Waals surface area contributed by atoms with Crippen LogP contribution in [0.5, 0.6) is 5.75 Å². The minimum absolute atomic E-state index is 0.0193. The van der Waals surface area contributed by atoms with Crippen LogP contribution >= 0.6 is 0 Å². The first-order valence-electron chi connectivity index (χ1n) is 7.41. The van der Waals surface area contributed by atoms with Crippen LogP contribution in [-0.4, -0.2) is 55.5 Å². The van der Waals surface area contributed by atoms with Crippen molar-refractivity contribution < 1.29 is 13.9 Å². The smallest absolute Gasteiger partial charge is 0.239 e. The molecule has 1 amide bonds. The van der Waals surface area contributed by atoms with Crippen molar-refractivity contribution in [2.45, 2.75) is 25.3 Å². The Morgan fingerprint density at radius 2 is 2.10 bits per heavy atom. The summed E-state index contributed by atoms with van der Waals surface area (Å²) in [4.78, 5) is 16.0. The van der Waals surface area contributed by atoms with Gasteiger partial charge in [0.15, 0.2) is 0 Å². The number of hydrogen-bond donors (Lipinski definition) is 0. The van der Waals surface area contributed by atoms with Crippen molar-refractivity contribution in [2.24, 2.45) is 0 Å². The number of benzene rings is 1. The van der Waals surface area contributed by atoms with Crippen molar-refractivity contribution in [3.05, 3.63) is 30.1 Å². The summed E-state index contributed by atoms with van der Waals surface area (Å²) in [7, 11) is 3.60. The molecule has 1 saturated heterocycles. The van der Waals surface area contributed by atoms with Gasteiger partial charge in [-0.15, -0.1) is 0 Å². The molecule has 1 atom stereocenters. The van der Waals surface area contributed by atoms with Gasteiger partial charge in [-0.3, -0.25) is 9.69 Å². The fourth-order valence-electron chi connectivity index (χ4n) is 2.66. The largest absolute Gasteiger partial charge is 0.494 e. The van der Waals surface area contributed by atoms with E-state index in [9.17, 15) is 9.18 Å². The Labute approximate surface area is 125 Å². The third-order valence-electron chi connectivity index (χ3n) is 3.76. The molecule has 1 aromatic carbocycles. The van der Waals surface area contributed by atoms with Crippen molar-refractivity contribution in [3.63, 3.8) is 0 Å². The molecule has 1 aromatic rings. The van der Waals surface area contributed by atoms with Gasteiger partial charge in [0.25, 0.3) is 0 Å². The molecule has 1 heterocycles. The standard InChI is InChI=1S/C16H23FN2O2/c1-18(2)16(20)15-5-3-10-19(15)11-4-12-21-14-8-6-13(17)7-9-14/h6-9,15H,3-5,10-12H2,1-2H3/t15-/m0/s1. The summed E-state index contributed by atoms with van der Waals surface area (Å²) in [5, 5.41) is 0. The van der Waals surface area contributed by atoms with Crippen molar-refractivity contribution in [1.29, 1.82) is 0 Å². The molecule has 0 spiro atoms. The number of hydrogen-bond acceptors (Lipinski definition) is 3. The molecule has 0 radical (unpaired) electrons. The van der Waals surface area contributed by atoms with Crippen LogP contribution in [0.15, 0.2) is 24.3 Å². The van der Waals surface area contributed by atoms with Crippen LogP contribution < -0.4 is 4.74 Å². The highest BCUT2D eigenvalue weighted by Crippen LogP contribution is 2.19. The van der Waals surface area contributed by atoms with Crippen LogP contribution in [-0.2, 0) is 4.79 Å². The van der Waals surface area contributed by atoms with Crippen molar-refractivity contribution in [1.82, 2.24) is 9.80 Å².